The number of hydrogen-bond acceptors (Lipinski definition) is 3. The van der Waals surface area contributed by atoms with Crippen LogP contribution in [-0.4, -0.2) is 10.2 Å². The van der Waals surface area contributed by atoms with Crippen molar-refractivity contribution in [2.75, 3.05) is 0 Å². The fourth-order valence-electron chi connectivity index (χ4n) is 1.86. The Hall–Kier alpha value is -2.16. The van der Waals surface area contributed by atoms with Gasteiger partial charge in [-0.05, 0) is 37.1 Å². The topological polar surface area (TPSA) is 38.9 Å². The third-order valence-electron chi connectivity index (χ3n) is 3.01. The highest BCUT2D eigenvalue weighted by Crippen LogP contribution is 2.28. The molecule has 0 amide bonds. The number of para-hydroxylation sites is 1. The lowest BCUT2D eigenvalue weighted by Crippen LogP contribution is -1.93. The van der Waals surface area contributed by atoms with E-state index in [0.717, 1.165) is 33.6 Å². The Labute approximate surface area is 99.1 Å². The van der Waals surface area contributed by atoms with Gasteiger partial charge in [-0.25, -0.2) is 0 Å². The van der Waals surface area contributed by atoms with Crippen LogP contribution in [0.2, 0.25) is 0 Å². The number of aromatic nitrogens is 2. The van der Waals surface area contributed by atoms with Gasteiger partial charge in [-0.2, -0.15) is 5.10 Å². The Kier molecular flexibility index (Phi) is 2.18. The molecule has 84 valence electrons. The third kappa shape index (κ3) is 1.60. The predicted molar refractivity (Wildman–Crippen MR) is 66.7 cm³/mol. The zero-order valence-corrected chi connectivity index (χ0v) is 9.77. The SMILES string of the molecule is Cc1cnnc(-c2cc3ccccc3o2)c1C. The largest absolute Gasteiger partial charge is 0.454 e. The second-order valence-corrected chi connectivity index (χ2v) is 4.15. The molecule has 0 bridgehead atoms. The van der Waals surface area contributed by atoms with Crippen LogP contribution < -0.4 is 0 Å². The van der Waals surface area contributed by atoms with Crippen molar-refractivity contribution in [1.29, 1.82) is 0 Å². The van der Waals surface area contributed by atoms with Crippen molar-refractivity contribution in [1.82, 2.24) is 10.2 Å². The zero-order chi connectivity index (χ0) is 11.8. The van der Waals surface area contributed by atoms with Crippen LogP contribution in [0.3, 0.4) is 0 Å². The third-order valence-corrected chi connectivity index (χ3v) is 3.01. The molecule has 0 radical (unpaired) electrons. The maximum Gasteiger partial charge on any atom is 0.155 e. The second kappa shape index (κ2) is 3.70. The van der Waals surface area contributed by atoms with Crippen LogP contribution >= 0.6 is 0 Å². The first-order valence-electron chi connectivity index (χ1n) is 5.53. The molecule has 0 saturated carbocycles. The summed E-state index contributed by atoms with van der Waals surface area (Å²) < 4.78 is 5.79. The Morgan fingerprint density at radius 1 is 1.12 bits per heavy atom. The van der Waals surface area contributed by atoms with Crippen LogP contribution in [0, 0.1) is 13.8 Å². The summed E-state index contributed by atoms with van der Waals surface area (Å²) in [7, 11) is 0. The van der Waals surface area contributed by atoms with Crippen molar-refractivity contribution in [3.63, 3.8) is 0 Å². The number of nitrogens with zero attached hydrogens (tertiary/aromatic N) is 2. The summed E-state index contributed by atoms with van der Waals surface area (Å²) in [5.41, 5.74) is 3.93. The smallest absolute Gasteiger partial charge is 0.155 e. The maximum atomic E-state index is 5.79. The zero-order valence-electron chi connectivity index (χ0n) is 9.77. The highest BCUT2D eigenvalue weighted by Gasteiger charge is 2.11. The first-order chi connectivity index (χ1) is 8.25. The lowest BCUT2D eigenvalue weighted by atomic mass is 10.1. The van der Waals surface area contributed by atoms with Gasteiger partial charge in [-0.3, -0.25) is 0 Å². The van der Waals surface area contributed by atoms with E-state index in [-0.39, 0.29) is 0 Å². The van der Waals surface area contributed by atoms with Gasteiger partial charge >= 0.3 is 0 Å². The number of fused-ring (bicyclic) bond motifs is 1. The number of aryl methyl sites for hydroxylation is 1. The summed E-state index contributed by atoms with van der Waals surface area (Å²) >= 11 is 0. The quantitative estimate of drug-likeness (QED) is 0.635. The van der Waals surface area contributed by atoms with Crippen LogP contribution in [-0.2, 0) is 0 Å². The average Bonchev–Trinajstić information content (AvgIpc) is 2.76. The molecule has 3 nitrogen and oxygen atoms in total. The molecule has 0 saturated heterocycles. The molecule has 0 N–H and O–H groups in total. The van der Waals surface area contributed by atoms with E-state index in [4.69, 9.17) is 4.42 Å². The number of benzene rings is 1. The number of rotatable bonds is 1. The van der Waals surface area contributed by atoms with Crippen LogP contribution in [0.1, 0.15) is 11.1 Å². The maximum absolute atomic E-state index is 5.79. The molecule has 3 heteroatoms. The van der Waals surface area contributed by atoms with Crippen molar-refractivity contribution in [3.05, 3.63) is 47.7 Å². The Morgan fingerprint density at radius 3 is 2.76 bits per heavy atom. The van der Waals surface area contributed by atoms with Gasteiger partial charge in [0.25, 0.3) is 0 Å². The molecule has 0 aliphatic rings. The van der Waals surface area contributed by atoms with Gasteiger partial charge < -0.3 is 4.42 Å². The molecule has 0 spiro atoms. The van der Waals surface area contributed by atoms with Crippen molar-refractivity contribution in [3.8, 4) is 11.5 Å². The molecule has 17 heavy (non-hydrogen) atoms. The van der Waals surface area contributed by atoms with Gasteiger partial charge in [-0.1, -0.05) is 18.2 Å². The van der Waals surface area contributed by atoms with E-state index >= 15 is 0 Å². The normalized spacial score (nSPS) is 10.9. The van der Waals surface area contributed by atoms with Gasteiger partial charge in [0.1, 0.15) is 11.3 Å². The molecule has 2 aromatic heterocycles. The average molecular weight is 224 g/mol. The predicted octanol–water partition coefficient (Wildman–Crippen LogP) is 3.51. The second-order valence-electron chi connectivity index (χ2n) is 4.15. The van der Waals surface area contributed by atoms with Crippen molar-refractivity contribution in [2.45, 2.75) is 13.8 Å². The van der Waals surface area contributed by atoms with E-state index in [9.17, 15) is 0 Å². The fraction of sp³-hybridized carbons (Fsp3) is 0.143. The molecule has 0 aliphatic carbocycles. The molecule has 0 aliphatic heterocycles. The van der Waals surface area contributed by atoms with E-state index in [1.165, 1.54) is 0 Å². The minimum Gasteiger partial charge on any atom is -0.454 e. The first-order valence-corrected chi connectivity index (χ1v) is 5.53. The Bertz CT molecular complexity index is 653. The lowest BCUT2D eigenvalue weighted by Gasteiger charge is -2.02. The number of hydrogen-bond donors (Lipinski definition) is 0. The van der Waals surface area contributed by atoms with E-state index in [2.05, 4.69) is 10.2 Å². The molecule has 3 aromatic rings. The molecular weight excluding hydrogens is 212 g/mol. The molecule has 1 aromatic carbocycles. The first kappa shape index (κ1) is 10.0. The standard InChI is InChI=1S/C14H12N2O/c1-9-8-15-16-14(10(9)2)13-7-11-5-3-4-6-12(11)17-13/h3-8H,1-2H3. The fourth-order valence-corrected chi connectivity index (χ4v) is 1.86. The lowest BCUT2D eigenvalue weighted by molar-refractivity contribution is 0.626. The molecule has 3 rings (SSSR count). The molecule has 0 unspecified atom stereocenters. The summed E-state index contributed by atoms with van der Waals surface area (Å²) in [4.78, 5) is 0. The molecule has 0 fully saturated rings. The van der Waals surface area contributed by atoms with Gasteiger partial charge in [0.2, 0.25) is 0 Å². The molecule has 2 heterocycles. The van der Waals surface area contributed by atoms with E-state index in [1.807, 2.05) is 44.2 Å². The van der Waals surface area contributed by atoms with Crippen LogP contribution in [0.15, 0.2) is 40.9 Å². The highest BCUT2D eigenvalue weighted by molar-refractivity contribution is 5.82. The summed E-state index contributed by atoms with van der Waals surface area (Å²) in [6.07, 6.45) is 1.77. The van der Waals surface area contributed by atoms with E-state index in [1.54, 1.807) is 6.20 Å². The monoisotopic (exact) mass is 224 g/mol. The Morgan fingerprint density at radius 2 is 1.94 bits per heavy atom. The highest BCUT2D eigenvalue weighted by atomic mass is 16.3. The van der Waals surface area contributed by atoms with Gasteiger partial charge in [-0.15, -0.1) is 5.10 Å². The summed E-state index contributed by atoms with van der Waals surface area (Å²) in [5, 5.41) is 9.23. The van der Waals surface area contributed by atoms with Crippen LogP contribution in [0.5, 0.6) is 0 Å². The minimum absolute atomic E-state index is 0.778. The van der Waals surface area contributed by atoms with Gasteiger partial charge in [0.15, 0.2) is 5.76 Å². The molecular formula is C14H12N2O. The van der Waals surface area contributed by atoms with Crippen molar-refractivity contribution < 1.29 is 4.42 Å². The summed E-state index contributed by atoms with van der Waals surface area (Å²) in [6.45, 7) is 4.06. The number of furan rings is 1. The van der Waals surface area contributed by atoms with E-state index in [0.29, 0.717) is 0 Å². The minimum atomic E-state index is 0.778. The van der Waals surface area contributed by atoms with Gasteiger partial charge in [0.05, 0.1) is 6.20 Å². The molecule has 0 atom stereocenters. The van der Waals surface area contributed by atoms with Crippen LogP contribution in [0.4, 0.5) is 0 Å². The van der Waals surface area contributed by atoms with Crippen molar-refractivity contribution >= 4 is 11.0 Å². The van der Waals surface area contributed by atoms with Crippen molar-refractivity contribution in [2.24, 2.45) is 0 Å². The van der Waals surface area contributed by atoms with E-state index < -0.39 is 0 Å². The van der Waals surface area contributed by atoms with Crippen LogP contribution in [0.25, 0.3) is 22.4 Å². The Balaban J connectivity index is 2.24. The van der Waals surface area contributed by atoms with Gasteiger partial charge in [0, 0.05) is 5.39 Å². The summed E-state index contributed by atoms with van der Waals surface area (Å²) in [5.74, 6) is 0.778. The summed E-state index contributed by atoms with van der Waals surface area (Å²) in [6, 6.07) is 9.95.